The van der Waals surface area contributed by atoms with Gasteiger partial charge in [-0.3, -0.25) is 0 Å². The van der Waals surface area contributed by atoms with Crippen molar-refractivity contribution >= 4 is 0 Å². The highest BCUT2D eigenvalue weighted by Crippen LogP contribution is 2.44. The Morgan fingerprint density at radius 2 is 1.82 bits per heavy atom. The largest absolute Gasteiger partial charge is 0.374 e. The highest BCUT2D eigenvalue weighted by Gasteiger charge is 2.39. The highest BCUT2D eigenvalue weighted by molar-refractivity contribution is 4.92. The fourth-order valence-electron chi connectivity index (χ4n) is 2.94. The lowest BCUT2D eigenvalue weighted by Gasteiger charge is -2.44. The van der Waals surface area contributed by atoms with E-state index < -0.39 is 0 Å². The lowest BCUT2D eigenvalue weighted by Crippen LogP contribution is -2.46. The van der Waals surface area contributed by atoms with E-state index in [0.717, 1.165) is 31.8 Å². The zero-order valence-electron chi connectivity index (χ0n) is 12.2. The molecule has 0 saturated heterocycles. The third-order valence-electron chi connectivity index (χ3n) is 4.90. The van der Waals surface area contributed by atoms with E-state index >= 15 is 0 Å². The van der Waals surface area contributed by atoms with Crippen molar-refractivity contribution in [3.8, 4) is 0 Å². The minimum atomic E-state index is -0.00364. The van der Waals surface area contributed by atoms with Crippen LogP contribution >= 0.6 is 0 Å². The van der Waals surface area contributed by atoms with Crippen molar-refractivity contribution in [1.82, 2.24) is 0 Å². The third-order valence-corrected chi connectivity index (χ3v) is 4.90. The SMILES string of the molecule is CCCOC1(CN)CCC(C(C)(C)CC)CC1. The van der Waals surface area contributed by atoms with Crippen LogP contribution in [-0.2, 0) is 4.74 Å². The summed E-state index contributed by atoms with van der Waals surface area (Å²) >= 11 is 0. The summed E-state index contributed by atoms with van der Waals surface area (Å²) in [4.78, 5) is 0. The van der Waals surface area contributed by atoms with Gasteiger partial charge in [-0.25, -0.2) is 0 Å². The first-order chi connectivity index (χ1) is 7.99. The zero-order chi connectivity index (χ0) is 12.9. The minimum Gasteiger partial charge on any atom is -0.374 e. The van der Waals surface area contributed by atoms with Crippen molar-refractivity contribution in [2.45, 2.75) is 71.8 Å². The molecule has 0 bridgehead atoms. The molecule has 0 unspecified atom stereocenters. The molecule has 0 heterocycles. The van der Waals surface area contributed by atoms with Gasteiger partial charge in [0.05, 0.1) is 5.60 Å². The average molecular weight is 241 g/mol. The Bertz CT molecular complexity index is 217. The van der Waals surface area contributed by atoms with Crippen LogP contribution in [0, 0.1) is 11.3 Å². The van der Waals surface area contributed by atoms with E-state index in [0.29, 0.717) is 12.0 Å². The van der Waals surface area contributed by atoms with Gasteiger partial charge in [0.25, 0.3) is 0 Å². The maximum absolute atomic E-state index is 6.04. The number of rotatable bonds is 6. The second-order valence-electron chi connectivity index (χ2n) is 6.35. The average Bonchev–Trinajstić information content (AvgIpc) is 2.37. The van der Waals surface area contributed by atoms with E-state index in [9.17, 15) is 0 Å². The summed E-state index contributed by atoms with van der Waals surface area (Å²) in [5, 5.41) is 0. The summed E-state index contributed by atoms with van der Waals surface area (Å²) in [6.45, 7) is 10.8. The van der Waals surface area contributed by atoms with E-state index in [-0.39, 0.29) is 5.60 Å². The molecule has 2 heteroatoms. The van der Waals surface area contributed by atoms with E-state index in [1.54, 1.807) is 0 Å². The lowest BCUT2D eigenvalue weighted by atomic mass is 9.66. The molecule has 1 fully saturated rings. The molecule has 17 heavy (non-hydrogen) atoms. The van der Waals surface area contributed by atoms with Gasteiger partial charge in [-0.15, -0.1) is 0 Å². The quantitative estimate of drug-likeness (QED) is 0.769. The smallest absolute Gasteiger partial charge is 0.0804 e. The maximum atomic E-state index is 6.04. The van der Waals surface area contributed by atoms with E-state index in [2.05, 4.69) is 27.7 Å². The molecule has 0 aromatic carbocycles. The molecule has 0 aromatic heterocycles. The molecule has 1 saturated carbocycles. The van der Waals surface area contributed by atoms with Crippen LogP contribution in [-0.4, -0.2) is 18.8 Å². The van der Waals surface area contributed by atoms with Crippen LogP contribution in [0.5, 0.6) is 0 Å². The Hall–Kier alpha value is -0.0800. The standard InChI is InChI=1S/C15H31NO/c1-5-11-17-15(12-16)9-7-13(8-10-15)14(3,4)6-2/h13H,5-12,16H2,1-4H3. The van der Waals surface area contributed by atoms with E-state index in [1.165, 1.54) is 19.3 Å². The van der Waals surface area contributed by atoms with Gasteiger partial charge in [0.15, 0.2) is 0 Å². The summed E-state index contributed by atoms with van der Waals surface area (Å²) in [6.07, 6.45) is 7.22. The Balaban J connectivity index is 2.53. The maximum Gasteiger partial charge on any atom is 0.0804 e. The highest BCUT2D eigenvalue weighted by atomic mass is 16.5. The van der Waals surface area contributed by atoms with Gasteiger partial charge in [0.2, 0.25) is 0 Å². The predicted octanol–water partition coefficient (Wildman–Crippen LogP) is 3.74. The van der Waals surface area contributed by atoms with Gasteiger partial charge < -0.3 is 10.5 Å². The van der Waals surface area contributed by atoms with Crippen LogP contribution in [0.25, 0.3) is 0 Å². The molecule has 0 aromatic rings. The molecule has 102 valence electrons. The number of ether oxygens (including phenoxy) is 1. The molecule has 0 aliphatic heterocycles. The molecule has 0 spiro atoms. The predicted molar refractivity (Wildman–Crippen MR) is 74.1 cm³/mol. The van der Waals surface area contributed by atoms with Crippen molar-refractivity contribution in [2.24, 2.45) is 17.1 Å². The van der Waals surface area contributed by atoms with Gasteiger partial charge in [0.1, 0.15) is 0 Å². The van der Waals surface area contributed by atoms with Crippen molar-refractivity contribution < 1.29 is 4.74 Å². The van der Waals surface area contributed by atoms with Crippen LogP contribution in [0.3, 0.4) is 0 Å². The summed E-state index contributed by atoms with van der Waals surface area (Å²) in [5.74, 6) is 0.845. The monoisotopic (exact) mass is 241 g/mol. The second-order valence-corrected chi connectivity index (χ2v) is 6.35. The second kappa shape index (κ2) is 6.19. The Kier molecular flexibility index (Phi) is 5.46. The fraction of sp³-hybridized carbons (Fsp3) is 1.00. The first-order valence-corrected chi connectivity index (χ1v) is 7.33. The Labute approximate surface area is 107 Å². The number of hydrogen-bond donors (Lipinski definition) is 1. The molecule has 2 nitrogen and oxygen atoms in total. The number of nitrogens with two attached hydrogens (primary N) is 1. The summed E-state index contributed by atoms with van der Waals surface area (Å²) in [7, 11) is 0. The van der Waals surface area contributed by atoms with Crippen LogP contribution in [0.2, 0.25) is 0 Å². The van der Waals surface area contributed by atoms with Gasteiger partial charge in [0, 0.05) is 13.2 Å². The summed E-state index contributed by atoms with van der Waals surface area (Å²) in [5.41, 5.74) is 6.42. The molecule has 2 N–H and O–H groups in total. The van der Waals surface area contributed by atoms with Crippen LogP contribution in [0.1, 0.15) is 66.2 Å². The summed E-state index contributed by atoms with van der Waals surface area (Å²) < 4.78 is 6.04. The molecular formula is C15H31NO. The molecule has 1 aliphatic rings. The summed E-state index contributed by atoms with van der Waals surface area (Å²) in [6, 6.07) is 0. The molecule has 1 rings (SSSR count). The Morgan fingerprint density at radius 3 is 2.24 bits per heavy atom. The van der Waals surface area contributed by atoms with Crippen LogP contribution in [0.15, 0.2) is 0 Å². The van der Waals surface area contributed by atoms with E-state index in [4.69, 9.17) is 10.5 Å². The fourth-order valence-corrected chi connectivity index (χ4v) is 2.94. The third kappa shape index (κ3) is 3.69. The van der Waals surface area contributed by atoms with Gasteiger partial charge in [-0.2, -0.15) is 0 Å². The van der Waals surface area contributed by atoms with Gasteiger partial charge in [-0.05, 0) is 43.4 Å². The molecule has 0 atom stereocenters. The topological polar surface area (TPSA) is 35.2 Å². The van der Waals surface area contributed by atoms with E-state index in [1.807, 2.05) is 0 Å². The van der Waals surface area contributed by atoms with Gasteiger partial charge >= 0.3 is 0 Å². The molecule has 0 amide bonds. The van der Waals surface area contributed by atoms with Crippen molar-refractivity contribution in [3.05, 3.63) is 0 Å². The molecular weight excluding hydrogens is 210 g/mol. The van der Waals surface area contributed by atoms with Crippen LogP contribution < -0.4 is 5.73 Å². The first kappa shape index (κ1) is 15.0. The zero-order valence-corrected chi connectivity index (χ0v) is 12.2. The molecule has 0 radical (unpaired) electrons. The van der Waals surface area contributed by atoms with Crippen LogP contribution in [0.4, 0.5) is 0 Å². The molecule has 1 aliphatic carbocycles. The Morgan fingerprint density at radius 1 is 1.24 bits per heavy atom. The normalized spacial score (nSPS) is 30.5. The van der Waals surface area contributed by atoms with Crippen molar-refractivity contribution in [2.75, 3.05) is 13.2 Å². The minimum absolute atomic E-state index is 0.00364. The van der Waals surface area contributed by atoms with Gasteiger partial charge in [-0.1, -0.05) is 34.1 Å². The van der Waals surface area contributed by atoms with Crippen molar-refractivity contribution in [3.63, 3.8) is 0 Å². The lowest BCUT2D eigenvalue weighted by molar-refractivity contribution is -0.0809. The number of hydrogen-bond acceptors (Lipinski definition) is 2. The first-order valence-electron chi connectivity index (χ1n) is 7.33. The van der Waals surface area contributed by atoms with Crippen molar-refractivity contribution in [1.29, 1.82) is 0 Å².